The summed E-state index contributed by atoms with van der Waals surface area (Å²) in [5.74, 6) is 0.555. The van der Waals surface area contributed by atoms with Gasteiger partial charge in [0.25, 0.3) is 5.56 Å². The fraction of sp³-hybridized carbons (Fsp3) is 0.229. The average Bonchev–Trinajstić information content (AvgIpc) is 3.51. The van der Waals surface area contributed by atoms with E-state index in [2.05, 4.69) is 28.6 Å². The highest BCUT2D eigenvalue weighted by molar-refractivity contribution is 7.07. The van der Waals surface area contributed by atoms with E-state index in [1.807, 2.05) is 68.5 Å². The Kier molecular flexibility index (Phi) is 8.65. The predicted octanol–water partition coefficient (Wildman–Crippen LogP) is 5.78. The van der Waals surface area contributed by atoms with Gasteiger partial charge in [0.2, 0.25) is 0 Å². The van der Waals surface area contributed by atoms with Gasteiger partial charge in [0.05, 0.1) is 36.5 Å². The van der Waals surface area contributed by atoms with Crippen molar-refractivity contribution in [3.05, 3.63) is 126 Å². The molecule has 1 atom stereocenters. The maximum atomic E-state index is 14.2. The van der Waals surface area contributed by atoms with Crippen LogP contribution in [0.4, 0.5) is 0 Å². The van der Waals surface area contributed by atoms with Gasteiger partial charge in [-0.25, -0.2) is 9.79 Å². The molecule has 8 nitrogen and oxygen atoms in total. The highest BCUT2D eigenvalue weighted by atomic mass is 35.5. The van der Waals surface area contributed by atoms with E-state index in [0.717, 1.165) is 27.7 Å². The van der Waals surface area contributed by atoms with Crippen LogP contribution in [0.3, 0.4) is 0 Å². The van der Waals surface area contributed by atoms with Gasteiger partial charge in [0.1, 0.15) is 0 Å². The van der Waals surface area contributed by atoms with Gasteiger partial charge in [-0.15, -0.1) is 0 Å². The van der Waals surface area contributed by atoms with Crippen molar-refractivity contribution < 1.29 is 19.0 Å². The first-order chi connectivity index (χ1) is 21.8. The molecule has 0 unspecified atom stereocenters. The zero-order valence-corrected chi connectivity index (χ0v) is 26.9. The molecule has 0 N–H and O–H groups in total. The van der Waals surface area contributed by atoms with Crippen LogP contribution < -0.4 is 24.4 Å². The Bertz CT molecular complexity index is 2130. The zero-order chi connectivity index (χ0) is 31.7. The summed E-state index contributed by atoms with van der Waals surface area (Å²) in [6.07, 6.45) is 3.42. The summed E-state index contributed by atoms with van der Waals surface area (Å²) >= 11 is 7.41. The molecule has 0 aliphatic carbocycles. The largest absolute Gasteiger partial charge is 0.490 e. The molecule has 0 amide bonds. The average molecular weight is 642 g/mol. The molecule has 0 saturated heterocycles. The van der Waals surface area contributed by atoms with Crippen LogP contribution in [0, 0.1) is 6.92 Å². The number of ether oxygens (including phenoxy) is 3. The molecular weight excluding hydrogens is 610 g/mol. The molecule has 3 aromatic carbocycles. The van der Waals surface area contributed by atoms with Crippen LogP contribution in [0.1, 0.15) is 42.3 Å². The number of carbonyl (C=O) groups is 1. The van der Waals surface area contributed by atoms with E-state index >= 15 is 0 Å². The van der Waals surface area contributed by atoms with Crippen molar-refractivity contribution in [2.45, 2.75) is 33.4 Å². The lowest BCUT2D eigenvalue weighted by Gasteiger charge is -2.23. The van der Waals surface area contributed by atoms with Crippen LogP contribution in [0.25, 0.3) is 17.0 Å². The lowest BCUT2D eigenvalue weighted by Crippen LogP contribution is -2.39. The normalized spacial score (nSPS) is 14.6. The molecule has 6 rings (SSSR count). The Hall–Kier alpha value is -4.60. The van der Waals surface area contributed by atoms with Crippen molar-refractivity contribution in [3.63, 3.8) is 0 Å². The molecule has 0 bridgehead atoms. The Morgan fingerprint density at radius 3 is 2.49 bits per heavy atom. The first kappa shape index (κ1) is 30.4. The lowest BCUT2D eigenvalue weighted by atomic mass is 9.97. The van der Waals surface area contributed by atoms with Gasteiger partial charge in [0, 0.05) is 39.9 Å². The fourth-order valence-corrected chi connectivity index (χ4v) is 6.81. The van der Waals surface area contributed by atoms with Crippen LogP contribution in [0.5, 0.6) is 11.5 Å². The molecule has 230 valence electrons. The van der Waals surface area contributed by atoms with Crippen molar-refractivity contribution in [1.82, 2.24) is 9.13 Å². The third kappa shape index (κ3) is 5.69. The number of carbonyl (C=O) groups excluding carboxylic acids is 1. The van der Waals surface area contributed by atoms with Crippen molar-refractivity contribution in [2.75, 3.05) is 20.3 Å². The minimum absolute atomic E-state index is 0.249. The van der Waals surface area contributed by atoms with Gasteiger partial charge in [-0.2, -0.15) is 0 Å². The standard InChI is InChI=1S/C35H32ClN3O5S/c1-5-43-29-16-13-23(17-30(29)44-6-2)32-27(34(41)42-4)19-37-35-39(32)33(40)31(45-35)18-26-21(3)38(28-10-8-7-9-25(26)28)20-22-11-14-24(36)15-12-22/h7-19,32H,5-6,20H2,1-4H3/b31-18-/t32-/m1/s1. The summed E-state index contributed by atoms with van der Waals surface area (Å²) in [4.78, 5) is 32.2. The van der Waals surface area contributed by atoms with Gasteiger partial charge in [-0.05, 0) is 68.3 Å². The van der Waals surface area contributed by atoms with E-state index in [1.54, 1.807) is 10.6 Å². The van der Waals surface area contributed by atoms with Gasteiger partial charge in [-0.1, -0.05) is 59.3 Å². The van der Waals surface area contributed by atoms with Crippen LogP contribution >= 0.6 is 22.9 Å². The summed E-state index contributed by atoms with van der Waals surface area (Å²) in [6, 6.07) is 20.7. The number of methoxy groups -OCH3 is 1. The van der Waals surface area contributed by atoms with Crippen LogP contribution in [-0.4, -0.2) is 35.4 Å². The van der Waals surface area contributed by atoms with Crippen molar-refractivity contribution >= 4 is 45.9 Å². The van der Waals surface area contributed by atoms with Crippen molar-refractivity contribution in [2.24, 2.45) is 4.99 Å². The van der Waals surface area contributed by atoms with E-state index < -0.39 is 12.0 Å². The number of aromatic nitrogens is 2. The van der Waals surface area contributed by atoms with E-state index in [9.17, 15) is 9.59 Å². The molecule has 0 fully saturated rings. The highest BCUT2D eigenvalue weighted by Gasteiger charge is 2.31. The van der Waals surface area contributed by atoms with E-state index in [1.165, 1.54) is 24.6 Å². The number of fused-ring (bicyclic) bond motifs is 2. The maximum absolute atomic E-state index is 14.2. The van der Waals surface area contributed by atoms with E-state index in [4.69, 9.17) is 25.8 Å². The predicted molar refractivity (Wildman–Crippen MR) is 177 cm³/mol. The summed E-state index contributed by atoms with van der Waals surface area (Å²) in [5.41, 5.74) is 4.83. The summed E-state index contributed by atoms with van der Waals surface area (Å²) < 4.78 is 21.0. The number of hydrogen-bond acceptors (Lipinski definition) is 7. The minimum atomic E-state index is -0.766. The van der Waals surface area contributed by atoms with E-state index in [0.29, 0.717) is 51.2 Å². The highest BCUT2D eigenvalue weighted by Crippen LogP contribution is 2.35. The number of thiazole rings is 1. The first-order valence-electron chi connectivity index (χ1n) is 14.7. The quantitative estimate of drug-likeness (QED) is 0.191. The molecule has 1 aliphatic rings. The molecule has 45 heavy (non-hydrogen) atoms. The van der Waals surface area contributed by atoms with Gasteiger partial charge >= 0.3 is 5.97 Å². The molecule has 0 spiro atoms. The van der Waals surface area contributed by atoms with Crippen LogP contribution in [0.2, 0.25) is 5.02 Å². The Morgan fingerprint density at radius 1 is 1.02 bits per heavy atom. The molecule has 5 aromatic rings. The molecule has 2 aromatic heterocycles. The Balaban J connectivity index is 1.51. The molecule has 3 heterocycles. The number of halogens is 1. The first-order valence-corrected chi connectivity index (χ1v) is 15.8. The van der Waals surface area contributed by atoms with Gasteiger partial charge < -0.3 is 18.8 Å². The number of benzene rings is 3. The van der Waals surface area contributed by atoms with Crippen LogP contribution in [0.15, 0.2) is 88.3 Å². The monoisotopic (exact) mass is 641 g/mol. The Morgan fingerprint density at radius 2 is 1.76 bits per heavy atom. The lowest BCUT2D eigenvalue weighted by molar-refractivity contribution is -0.136. The third-order valence-corrected chi connectivity index (χ3v) is 9.07. The maximum Gasteiger partial charge on any atom is 0.337 e. The van der Waals surface area contributed by atoms with Crippen molar-refractivity contribution in [3.8, 4) is 11.5 Å². The number of nitrogens with zero attached hydrogens (tertiary/aromatic N) is 3. The van der Waals surface area contributed by atoms with Gasteiger partial charge in [0.15, 0.2) is 16.3 Å². The smallest absolute Gasteiger partial charge is 0.337 e. The molecule has 10 heteroatoms. The second kappa shape index (κ2) is 12.8. The minimum Gasteiger partial charge on any atom is -0.490 e. The molecule has 1 aliphatic heterocycles. The topological polar surface area (TPSA) is 84.0 Å². The second-order valence-corrected chi connectivity index (χ2v) is 11.9. The SMILES string of the molecule is CCOc1ccc([C@@H]2C(C(=O)OC)=CN=c3s/c(=C\c4c(C)n(Cc5ccc(Cl)cc5)c5ccccc45)c(=O)n32)cc1OCC. The fourth-order valence-electron chi connectivity index (χ4n) is 5.73. The van der Waals surface area contributed by atoms with Gasteiger partial charge in [-0.3, -0.25) is 9.36 Å². The number of rotatable bonds is 9. The second-order valence-electron chi connectivity index (χ2n) is 10.5. The Labute approximate surface area is 269 Å². The summed E-state index contributed by atoms with van der Waals surface area (Å²) in [6.45, 7) is 7.40. The van der Waals surface area contributed by atoms with Crippen molar-refractivity contribution in [1.29, 1.82) is 0 Å². The number of para-hydroxylation sites is 1. The number of esters is 1. The summed E-state index contributed by atoms with van der Waals surface area (Å²) in [5, 5.41) is 1.73. The van der Waals surface area contributed by atoms with E-state index in [-0.39, 0.29) is 11.1 Å². The van der Waals surface area contributed by atoms with Crippen LogP contribution in [-0.2, 0) is 16.1 Å². The zero-order valence-electron chi connectivity index (χ0n) is 25.4. The molecular formula is C35H32ClN3O5S. The summed E-state index contributed by atoms with van der Waals surface area (Å²) in [7, 11) is 1.32. The molecule has 0 radical (unpaired) electrons. The third-order valence-electron chi connectivity index (χ3n) is 7.82. The molecule has 0 saturated carbocycles. The number of hydrogen-bond donors (Lipinski definition) is 0.